The molecular weight excluding hydrogens is 504 g/mol. The number of methoxy groups -OCH3 is 2. The Morgan fingerprint density at radius 1 is 1.05 bits per heavy atom. The van der Waals surface area contributed by atoms with Gasteiger partial charge in [0.1, 0.15) is 29.4 Å². The highest BCUT2D eigenvalue weighted by Crippen LogP contribution is 2.30. The summed E-state index contributed by atoms with van der Waals surface area (Å²) in [6.07, 6.45) is 0.730. The molecule has 0 aliphatic heterocycles. The second kappa shape index (κ2) is 12.3. The van der Waals surface area contributed by atoms with Gasteiger partial charge < -0.3 is 19.7 Å². The highest BCUT2D eigenvalue weighted by molar-refractivity contribution is 6.30. The number of rotatable bonds is 10. The van der Waals surface area contributed by atoms with Gasteiger partial charge in [0, 0.05) is 23.0 Å². The van der Waals surface area contributed by atoms with Crippen LogP contribution in [0.5, 0.6) is 11.5 Å². The van der Waals surface area contributed by atoms with Gasteiger partial charge in [0.25, 0.3) is 5.91 Å². The number of amides is 2. The maximum atomic E-state index is 13.7. The quantitative estimate of drug-likeness (QED) is 0.342. The van der Waals surface area contributed by atoms with E-state index in [1.807, 2.05) is 18.2 Å². The molecule has 38 heavy (non-hydrogen) atoms. The van der Waals surface area contributed by atoms with E-state index in [2.05, 4.69) is 39.9 Å². The first-order valence-electron chi connectivity index (χ1n) is 12.6. The zero-order valence-corrected chi connectivity index (χ0v) is 23.9. The predicted molar refractivity (Wildman–Crippen MR) is 151 cm³/mol. The Morgan fingerprint density at radius 3 is 2.18 bits per heavy atom. The minimum atomic E-state index is -0.341. The molecule has 0 unspecified atom stereocenters. The van der Waals surface area contributed by atoms with Crippen LogP contribution in [0, 0.1) is 5.92 Å². The van der Waals surface area contributed by atoms with Crippen LogP contribution in [0.1, 0.15) is 57.1 Å². The van der Waals surface area contributed by atoms with E-state index in [4.69, 9.17) is 26.2 Å². The molecule has 3 rings (SSSR count). The number of nitrogens with zero attached hydrogens (tertiary/aromatic N) is 3. The molecule has 0 atom stereocenters. The van der Waals surface area contributed by atoms with Crippen molar-refractivity contribution in [3.05, 3.63) is 64.8 Å². The number of carbonyl (C=O) groups excluding carboxylic acids is 2. The topological polar surface area (TPSA) is 85.7 Å². The van der Waals surface area contributed by atoms with Gasteiger partial charge >= 0.3 is 0 Å². The Bertz CT molecular complexity index is 1240. The lowest BCUT2D eigenvalue weighted by Crippen LogP contribution is -2.39. The first-order valence-corrected chi connectivity index (χ1v) is 13.0. The minimum Gasteiger partial charge on any atom is -0.496 e. The van der Waals surface area contributed by atoms with Crippen molar-refractivity contribution in [1.82, 2.24) is 14.7 Å². The Balaban J connectivity index is 1.93. The monoisotopic (exact) mass is 540 g/mol. The maximum Gasteiger partial charge on any atom is 0.261 e. The van der Waals surface area contributed by atoms with Crippen molar-refractivity contribution >= 4 is 29.2 Å². The summed E-state index contributed by atoms with van der Waals surface area (Å²) < 4.78 is 12.6. The summed E-state index contributed by atoms with van der Waals surface area (Å²) in [6, 6.07) is 14.2. The van der Waals surface area contributed by atoms with Crippen LogP contribution in [-0.2, 0) is 10.2 Å². The zero-order chi connectivity index (χ0) is 28.0. The van der Waals surface area contributed by atoms with Crippen LogP contribution in [0.2, 0.25) is 5.02 Å². The fourth-order valence-corrected chi connectivity index (χ4v) is 3.98. The summed E-state index contributed by atoms with van der Waals surface area (Å²) in [5.74, 6) is 0.949. The van der Waals surface area contributed by atoms with E-state index in [-0.39, 0.29) is 29.3 Å². The van der Waals surface area contributed by atoms with Crippen molar-refractivity contribution in [2.75, 3.05) is 32.6 Å². The number of hydrogen-bond donors (Lipinski definition) is 1. The predicted octanol–water partition coefficient (Wildman–Crippen LogP) is 5.97. The van der Waals surface area contributed by atoms with E-state index in [1.54, 1.807) is 35.0 Å². The van der Waals surface area contributed by atoms with Gasteiger partial charge in [-0.2, -0.15) is 5.10 Å². The van der Waals surface area contributed by atoms with E-state index in [0.717, 1.165) is 17.8 Å². The SMILES string of the molecule is COc1cccc(OC)c1C(=O)N(CCC(C)C)CC(=O)Nc1cc(C(C)(C)C)nn1-c1ccc(Cl)cc1. The smallest absolute Gasteiger partial charge is 0.261 e. The number of ether oxygens (including phenoxy) is 2. The number of benzene rings is 2. The van der Waals surface area contributed by atoms with Crippen LogP contribution in [-0.4, -0.2) is 53.8 Å². The Morgan fingerprint density at radius 2 is 1.66 bits per heavy atom. The molecule has 1 aromatic heterocycles. The molecule has 0 aliphatic rings. The molecule has 2 aromatic carbocycles. The van der Waals surface area contributed by atoms with Gasteiger partial charge in [-0.15, -0.1) is 0 Å². The Hall–Kier alpha value is -3.52. The van der Waals surface area contributed by atoms with Crippen molar-refractivity contribution in [2.45, 2.75) is 46.5 Å². The second-order valence-electron chi connectivity index (χ2n) is 10.5. The third kappa shape index (κ3) is 7.07. The molecule has 0 radical (unpaired) electrons. The fourth-order valence-electron chi connectivity index (χ4n) is 3.86. The standard InChI is InChI=1S/C29H37ClN4O4/c1-19(2)15-16-33(28(36)27-22(37-6)9-8-10-23(27)38-7)18-26(35)31-25-17-24(29(3,4)5)32-34(25)21-13-11-20(30)12-14-21/h8-14,17,19H,15-16,18H2,1-7H3,(H,31,35). The van der Waals surface area contributed by atoms with Crippen molar-refractivity contribution < 1.29 is 19.1 Å². The van der Waals surface area contributed by atoms with Gasteiger partial charge in [0.2, 0.25) is 5.91 Å². The summed E-state index contributed by atoms with van der Waals surface area (Å²) in [6.45, 7) is 10.6. The number of anilines is 1. The molecular formula is C29H37ClN4O4. The molecule has 0 saturated carbocycles. The zero-order valence-electron chi connectivity index (χ0n) is 23.2. The molecule has 9 heteroatoms. The summed E-state index contributed by atoms with van der Waals surface area (Å²) in [7, 11) is 3.00. The fraction of sp³-hybridized carbons (Fsp3) is 0.414. The molecule has 1 N–H and O–H groups in total. The third-order valence-corrected chi connectivity index (χ3v) is 6.31. The first-order chi connectivity index (χ1) is 17.9. The molecule has 0 spiro atoms. The number of halogens is 1. The van der Waals surface area contributed by atoms with Crippen molar-refractivity contribution in [3.8, 4) is 17.2 Å². The van der Waals surface area contributed by atoms with E-state index >= 15 is 0 Å². The van der Waals surface area contributed by atoms with E-state index in [9.17, 15) is 9.59 Å². The third-order valence-electron chi connectivity index (χ3n) is 6.06. The summed E-state index contributed by atoms with van der Waals surface area (Å²) in [5.41, 5.74) is 1.62. The van der Waals surface area contributed by atoms with Gasteiger partial charge in [-0.1, -0.05) is 52.3 Å². The van der Waals surface area contributed by atoms with Crippen molar-refractivity contribution in [1.29, 1.82) is 0 Å². The van der Waals surface area contributed by atoms with Crippen LogP contribution < -0.4 is 14.8 Å². The van der Waals surface area contributed by atoms with E-state index < -0.39 is 0 Å². The number of carbonyl (C=O) groups is 2. The van der Waals surface area contributed by atoms with Crippen LogP contribution in [0.3, 0.4) is 0 Å². The normalized spacial score (nSPS) is 11.4. The molecule has 8 nitrogen and oxygen atoms in total. The molecule has 0 aliphatic carbocycles. The molecule has 3 aromatic rings. The molecule has 2 amide bonds. The summed E-state index contributed by atoms with van der Waals surface area (Å²) in [4.78, 5) is 28.6. The Kier molecular flexibility index (Phi) is 9.44. The minimum absolute atomic E-state index is 0.149. The van der Waals surface area contributed by atoms with Crippen LogP contribution in [0.4, 0.5) is 5.82 Å². The van der Waals surface area contributed by atoms with Gasteiger partial charge in [-0.25, -0.2) is 4.68 Å². The lowest BCUT2D eigenvalue weighted by atomic mass is 9.92. The molecule has 0 bridgehead atoms. The van der Waals surface area contributed by atoms with Gasteiger partial charge in [-0.3, -0.25) is 9.59 Å². The maximum absolute atomic E-state index is 13.7. The van der Waals surface area contributed by atoms with E-state index in [1.165, 1.54) is 19.1 Å². The molecule has 204 valence electrons. The van der Waals surface area contributed by atoms with Gasteiger partial charge in [0.05, 0.1) is 25.6 Å². The summed E-state index contributed by atoms with van der Waals surface area (Å²) in [5, 5.41) is 8.32. The first kappa shape index (κ1) is 29.0. The van der Waals surface area contributed by atoms with Gasteiger partial charge in [-0.05, 0) is 48.7 Å². The lowest BCUT2D eigenvalue weighted by Gasteiger charge is -2.25. The largest absolute Gasteiger partial charge is 0.496 e. The average molecular weight is 541 g/mol. The van der Waals surface area contributed by atoms with Crippen LogP contribution >= 0.6 is 11.6 Å². The number of hydrogen-bond acceptors (Lipinski definition) is 5. The number of aromatic nitrogens is 2. The van der Waals surface area contributed by atoms with Crippen LogP contribution in [0.15, 0.2) is 48.5 Å². The van der Waals surface area contributed by atoms with Crippen molar-refractivity contribution in [2.24, 2.45) is 5.92 Å². The molecule has 0 fully saturated rings. The van der Waals surface area contributed by atoms with Crippen molar-refractivity contribution in [3.63, 3.8) is 0 Å². The number of nitrogens with one attached hydrogen (secondary N) is 1. The average Bonchev–Trinajstić information content (AvgIpc) is 3.30. The van der Waals surface area contributed by atoms with Gasteiger partial charge in [0.15, 0.2) is 0 Å². The van der Waals surface area contributed by atoms with E-state index in [0.29, 0.717) is 34.8 Å². The summed E-state index contributed by atoms with van der Waals surface area (Å²) >= 11 is 6.08. The molecule has 0 saturated heterocycles. The van der Waals surface area contributed by atoms with Crippen LogP contribution in [0.25, 0.3) is 5.69 Å². The molecule has 1 heterocycles. The lowest BCUT2D eigenvalue weighted by molar-refractivity contribution is -0.117. The highest BCUT2D eigenvalue weighted by Gasteiger charge is 2.27. The second-order valence-corrected chi connectivity index (χ2v) is 11.0. The highest BCUT2D eigenvalue weighted by atomic mass is 35.5. The Labute approximate surface area is 229 Å².